The van der Waals surface area contributed by atoms with Crippen LogP contribution in [0.4, 0.5) is 0 Å². The first-order chi connectivity index (χ1) is 9.69. The summed E-state index contributed by atoms with van der Waals surface area (Å²) in [6.45, 7) is 0. The minimum atomic E-state index is -0.0512. The van der Waals surface area contributed by atoms with Crippen molar-refractivity contribution in [1.82, 2.24) is 4.57 Å². The van der Waals surface area contributed by atoms with Crippen LogP contribution in [-0.4, -0.2) is 17.6 Å². The maximum absolute atomic E-state index is 11.6. The standard InChI is InChI=1S/C16H18BrNO2/c1-20-16(19)11-2-5-14(6-3-11)18-9-8-12-10-13(17)4-7-15(12)18/h4,7-11,14H,2-3,5-6H2,1H3. The van der Waals surface area contributed by atoms with E-state index < -0.39 is 0 Å². The minimum Gasteiger partial charge on any atom is -0.469 e. The Morgan fingerprint density at radius 1 is 1.25 bits per heavy atom. The third-order valence-corrected chi connectivity index (χ3v) is 4.80. The zero-order valence-corrected chi connectivity index (χ0v) is 13.1. The van der Waals surface area contributed by atoms with Gasteiger partial charge in [-0.25, -0.2) is 0 Å². The number of carbonyl (C=O) groups excluding carboxylic acids is 1. The van der Waals surface area contributed by atoms with Gasteiger partial charge >= 0.3 is 5.97 Å². The highest BCUT2D eigenvalue weighted by molar-refractivity contribution is 9.10. The van der Waals surface area contributed by atoms with Crippen molar-refractivity contribution in [2.24, 2.45) is 5.92 Å². The van der Waals surface area contributed by atoms with Gasteiger partial charge in [0.1, 0.15) is 0 Å². The Hall–Kier alpha value is -1.29. The normalized spacial score (nSPS) is 22.9. The Balaban J connectivity index is 1.78. The quantitative estimate of drug-likeness (QED) is 0.766. The van der Waals surface area contributed by atoms with Crippen molar-refractivity contribution in [2.75, 3.05) is 7.11 Å². The summed E-state index contributed by atoms with van der Waals surface area (Å²) in [6, 6.07) is 9.04. The van der Waals surface area contributed by atoms with Gasteiger partial charge in [-0.1, -0.05) is 15.9 Å². The molecule has 1 fully saturated rings. The molecule has 1 heterocycles. The predicted octanol–water partition coefficient (Wildman–Crippen LogP) is 4.31. The van der Waals surface area contributed by atoms with Gasteiger partial charge in [-0.15, -0.1) is 0 Å². The maximum atomic E-state index is 11.6. The largest absolute Gasteiger partial charge is 0.469 e. The highest BCUT2D eigenvalue weighted by Crippen LogP contribution is 2.35. The topological polar surface area (TPSA) is 31.2 Å². The van der Waals surface area contributed by atoms with E-state index in [4.69, 9.17) is 4.74 Å². The lowest BCUT2D eigenvalue weighted by molar-refractivity contribution is -0.146. The van der Waals surface area contributed by atoms with Crippen molar-refractivity contribution in [1.29, 1.82) is 0 Å². The minimum absolute atomic E-state index is 0.0512. The average molecular weight is 336 g/mol. The van der Waals surface area contributed by atoms with Gasteiger partial charge in [-0.2, -0.15) is 0 Å². The number of ether oxygens (including phenoxy) is 1. The number of methoxy groups -OCH3 is 1. The van der Waals surface area contributed by atoms with Crippen molar-refractivity contribution in [3.05, 3.63) is 34.9 Å². The first kappa shape index (κ1) is 13.7. The number of fused-ring (bicyclic) bond motifs is 1. The number of aromatic nitrogens is 1. The van der Waals surface area contributed by atoms with Gasteiger partial charge in [0.2, 0.25) is 0 Å². The second-order valence-corrected chi connectivity index (χ2v) is 6.37. The van der Waals surface area contributed by atoms with E-state index >= 15 is 0 Å². The van der Waals surface area contributed by atoms with Gasteiger partial charge in [0.05, 0.1) is 13.0 Å². The molecule has 0 saturated heterocycles. The molecule has 106 valence electrons. The summed E-state index contributed by atoms with van der Waals surface area (Å²) in [4.78, 5) is 11.6. The summed E-state index contributed by atoms with van der Waals surface area (Å²) >= 11 is 3.51. The Kier molecular flexibility index (Phi) is 3.83. The molecule has 0 N–H and O–H groups in total. The molecule has 1 aliphatic rings. The van der Waals surface area contributed by atoms with E-state index in [2.05, 4.69) is 51.0 Å². The van der Waals surface area contributed by atoms with E-state index in [1.54, 1.807) is 0 Å². The number of nitrogens with zero attached hydrogens (tertiary/aromatic N) is 1. The van der Waals surface area contributed by atoms with Gasteiger partial charge in [0, 0.05) is 27.6 Å². The monoisotopic (exact) mass is 335 g/mol. The maximum Gasteiger partial charge on any atom is 0.308 e. The fourth-order valence-corrected chi connectivity index (χ4v) is 3.59. The Morgan fingerprint density at radius 2 is 2.00 bits per heavy atom. The lowest BCUT2D eigenvalue weighted by Gasteiger charge is -2.28. The number of esters is 1. The molecule has 0 spiro atoms. The van der Waals surface area contributed by atoms with Crippen molar-refractivity contribution in [3.8, 4) is 0 Å². The lowest BCUT2D eigenvalue weighted by atomic mass is 9.86. The van der Waals surface area contributed by atoms with Crippen LogP contribution in [0.2, 0.25) is 0 Å². The molecule has 1 aromatic carbocycles. The second kappa shape index (κ2) is 5.60. The van der Waals surface area contributed by atoms with Gasteiger partial charge in [0.15, 0.2) is 0 Å². The number of halogens is 1. The molecular formula is C16H18BrNO2. The summed E-state index contributed by atoms with van der Waals surface area (Å²) in [5, 5.41) is 1.26. The molecule has 2 aromatic rings. The molecule has 3 nitrogen and oxygen atoms in total. The summed E-state index contributed by atoms with van der Waals surface area (Å²) < 4.78 is 8.31. The van der Waals surface area contributed by atoms with Crippen molar-refractivity contribution in [2.45, 2.75) is 31.7 Å². The van der Waals surface area contributed by atoms with E-state index in [1.807, 2.05) is 0 Å². The van der Waals surface area contributed by atoms with Crippen LogP contribution in [-0.2, 0) is 9.53 Å². The highest BCUT2D eigenvalue weighted by atomic mass is 79.9. The molecule has 1 aromatic heterocycles. The highest BCUT2D eigenvalue weighted by Gasteiger charge is 2.27. The Labute approximate surface area is 127 Å². The van der Waals surface area contributed by atoms with E-state index in [0.29, 0.717) is 6.04 Å². The van der Waals surface area contributed by atoms with E-state index in [-0.39, 0.29) is 11.9 Å². The molecule has 3 rings (SSSR count). The van der Waals surface area contributed by atoms with Crippen LogP contribution in [0.5, 0.6) is 0 Å². The smallest absolute Gasteiger partial charge is 0.308 e. The summed E-state index contributed by atoms with van der Waals surface area (Å²) in [7, 11) is 1.48. The number of benzene rings is 1. The molecule has 1 aliphatic carbocycles. The fraction of sp³-hybridized carbons (Fsp3) is 0.438. The van der Waals surface area contributed by atoms with Gasteiger partial charge in [-0.05, 0) is 49.9 Å². The van der Waals surface area contributed by atoms with Crippen LogP contribution in [0, 0.1) is 5.92 Å². The third kappa shape index (κ3) is 2.49. The van der Waals surface area contributed by atoms with Gasteiger partial charge < -0.3 is 9.30 Å². The SMILES string of the molecule is COC(=O)C1CCC(n2ccc3cc(Br)ccc32)CC1. The third-order valence-electron chi connectivity index (χ3n) is 4.31. The average Bonchev–Trinajstić information content (AvgIpc) is 2.89. The predicted molar refractivity (Wildman–Crippen MR) is 82.6 cm³/mol. The van der Waals surface area contributed by atoms with Crippen molar-refractivity contribution >= 4 is 32.8 Å². The molecule has 20 heavy (non-hydrogen) atoms. The Morgan fingerprint density at radius 3 is 2.70 bits per heavy atom. The fourth-order valence-electron chi connectivity index (χ4n) is 3.21. The zero-order valence-electron chi connectivity index (χ0n) is 11.5. The van der Waals surface area contributed by atoms with E-state index in [0.717, 1.165) is 30.2 Å². The zero-order chi connectivity index (χ0) is 14.1. The van der Waals surface area contributed by atoms with E-state index in [1.165, 1.54) is 18.0 Å². The molecule has 1 saturated carbocycles. The summed E-state index contributed by atoms with van der Waals surface area (Å²) in [6.07, 6.45) is 6.10. The van der Waals surface area contributed by atoms with Crippen molar-refractivity contribution < 1.29 is 9.53 Å². The van der Waals surface area contributed by atoms with Crippen LogP contribution in [0.25, 0.3) is 10.9 Å². The molecule has 0 bridgehead atoms. The molecule has 0 atom stereocenters. The summed E-state index contributed by atoms with van der Waals surface area (Å²) in [5.41, 5.74) is 1.27. The number of rotatable bonds is 2. The number of carbonyl (C=O) groups is 1. The molecule has 0 aliphatic heterocycles. The van der Waals surface area contributed by atoms with Gasteiger partial charge in [-0.3, -0.25) is 4.79 Å². The van der Waals surface area contributed by atoms with Crippen LogP contribution >= 0.6 is 15.9 Å². The number of hydrogen-bond donors (Lipinski definition) is 0. The van der Waals surface area contributed by atoms with Crippen molar-refractivity contribution in [3.63, 3.8) is 0 Å². The van der Waals surface area contributed by atoms with E-state index in [9.17, 15) is 4.79 Å². The Bertz CT molecular complexity index is 626. The van der Waals surface area contributed by atoms with Crippen LogP contribution in [0.15, 0.2) is 34.9 Å². The lowest BCUT2D eigenvalue weighted by Crippen LogP contribution is -2.24. The van der Waals surface area contributed by atoms with Crippen LogP contribution in [0.1, 0.15) is 31.7 Å². The molecule has 4 heteroatoms. The molecule has 0 radical (unpaired) electrons. The first-order valence-electron chi connectivity index (χ1n) is 7.03. The summed E-state index contributed by atoms with van der Waals surface area (Å²) in [5.74, 6) is 0.0389. The number of hydrogen-bond acceptors (Lipinski definition) is 2. The second-order valence-electron chi connectivity index (χ2n) is 5.45. The molecular weight excluding hydrogens is 318 g/mol. The van der Waals surface area contributed by atoms with Crippen LogP contribution < -0.4 is 0 Å². The first-order valence-corrected chi connectivity index (χ1v) is 7.82. The molecule has 0 amide bonds. The molecule has 0 unspecified atom stereocenters. The van der Waals surface area contributed by atoms with Gasteiger partial charge in [0.25, 0.3) is 0 Å². The van der Waals surface area contributed by atoms with Crippen LogP contribution in [0.3, 0.4) is 0 Å².